The lowest BCUT2D eigenvalue weighted by molar-refractivity contribution is 0.611. The molecular weight excluding hydrogens is 138 g/mol. The first-order valence-electron chi connectivity index (χ1n) is 3.58. The predicted molar refractivity (Wildman–Crippen MR) is 43.5 cm³/mol. The summed E-state index contributed by atoms with van der Waals surface area (Å²) >= 11 is 0. The number of furan rings is 1. The number of rotatable bonds is 0. The monoisotopic (exact) mass is 147 g/mol. The van der Waals surface area contributed by atoms with Gasteiger partial charge in [0.1, 0.15) is 0 Å². The highest BCUT2D eigenvalue weighted by molar-refractivity contribution is 5.81. The van der Waals surface area contributed by atoms with Crippen molar-refractivity contribution in [3.05, 3.63) is 29.8 Å². The van der Waals surface area contributed by atoms with Crippen molar-refractivity contribution in [2.45, 2.75) is 13.8 Å². The minimum Gasteiger partial charge on any atom is -0.462 e. The zero-order valence-corrected chi connectivity index (χ0v) is 6.59. The van der Waals surface area contributed by atoms with Crippen LogP contribution in [0.2, 0.25) is 0 Å². The summed E-state index contributed by atoms with van der Waals surface area (Å²) in [6, 6.07) is 1.97. The van der Waals surface area contributed by atoms with E-state index in [2.05, 4.69) is 4.98 Å². The van der Waals surface area contributed by atoms with Crippen LogP contribution in [-0.4, -0.2) is 4.98 Å². The Morgan fingerprint density at radius 3 is 2.91 bits per heavy atom. The summed E-state index contributed by atoms with van der Waals surface area (Å²) in [6.07, 6.45) is 3.57. The van der Waals surface area contributed by atoms with Gasteiger partial charge in [-0.3, -0.25) is 4.98 Å². The van der Waals surface area contributed by atoms with Crippen LogP contribution in [0.3, 0.4) is 0 Å². The van der Waals surface area contributed by atoms with Crippen LogP contribution in [0.4, 0.5) is 0 Å². The number of aryl methyl sites for hydroxylation is 2. The van der Waals surface area contributed by atoms with Gasteiger partial charge >= 0.3 is 0 Å². The maximum atomic E-state index is 5.27. The molecule has 0 bridgehead atoms. The van der Waals surface area contributed by atoms with E-state index in [1.165, 1.54) is 5.56 Å². The number of fused-ring (bicyclic) bond motifs is 1. The van der Waals surface area contributed by atoms with E-state index in [-0.39, 0.29) is 0 Å². The summed E-state index contributed by atoms with van der Waals surface area (Å²) in [6.45, 7) is 3.98. The van der Waals surface area contributed by atoms with E-state index in [4.69, 9.17) is 4.42 Å². The average Bonchev–Trinajstić information content (AvgIpc) is 2.45. The molecule has 0 unspecified atom stereocenters. The lowest BCUT2D eigenvalue weighted by atomic mass is 10.2. The second-order valence-corrected chi connectivity index (χ2v) is 2.69. The fourth-order valence-electron chi connectivity index (χ4n) is 1.22. The first-order chi connectivity index (χ1) is 5.29. The molecule has 2 heterocycles. The topological polar surface area (TPSA) is 26.0 Å². The van der Waals surface area contributed by atoms with Gasteiger partial charge in [0.05, 0.1) is 12.0 Å². The molecule has 2 heteroatoms. The molecule has 2 rings (SSSR count). The van der Waals surface area contributed by atoms with Crippen molar-refractivity contribution in [1.82, 2.24) is 4.98 Å². The Kier molecular flexibility index (Phi) is 1.22. The standard InChI is InChI=1S/C9H9NO/c1-6-5-10-7(2)9-8(6)3-4-11-9/h3-5H,1-2H3. The van der Waals surface area contributed by atoms with E-state index < -0.39 is 0 Å². The molecule has 0 N–H and O–H groups in total. The van der Waals surface area contributed by atoms with Crippen molar-refractivity contribution in [2.75, 3.05) is 0 Å². The van der Waals surface area contributed by atoms with Crippen LogP contribution in [0, 0.1) is 13.8 Å². The molecule has 0 atom stereocenters. The van der Waals surface area contributed by atoms with Gasteiger partial charge in [0.2, 0.25) is 0 Å². The number of nitrogens with zero attached hydrogens (tertiary/aromatic N) is 1. The van der Waals surface area contributed by atoms with Gasteiger partial charge in [0, 0.05) is 11.6 Å². The second kappa shape index (κ2) is 2.09. The zero-order valence-electron chi connectivity index (χ0n) is 6.59. The van der Waals surface area contributed by atoms with Crippen molar-refractivity contribution in [2.24, 2.45) is 0 Å². The Hall–Kier alpha value is -1.31. The van der Waals surface area contributed by atoms with Gasteiger partial charge in [-0.25, -0.2) is 0 Å². The molecule has 56 valence electrons. The average molecular weight is 147 g/mol. The van der Waals surface area contributed by atoms with Crippen molar-refractivity contribution < 1.29 is 4.42 Å². The van der Waals surface area contributed by atoms with Gasteiger partial charge in [-0.15, -0.1) is 0 Å². The van der Waals surface area contributed by atoms with Crippen molar-refractivity contribution in [1.29, 1.82) is 0 Å². The van der Waals surface area contributed by atoms with Gasteiger partial charge in [-0.05, 0) is 25.5 Å². The fourth-order valence-corrected chi connectivity index (χ4v) is 1.22. The summed E-state index contributed by atoms with van der Waals surface area (Å²) in [7, 11) is 0. The third-order valence-corrected chi connectivity index (χ3v) is 1.87. The van der Waals surface area contributed by atoms with Crippen LogP contribution >= 0.6 is 0 Å². The molecular formula is C9H9NO. The van der Waals surface area contributed by atoms with E-state index >= 15 is 0 Å². The molecule has 0 saturated carbocycles. The van der Waals surface area contributed by atoms with Crippen LogP contribution in [0.1, 0.15) is 11.3 Å². The first-order valence-corrected chi connectivity index (χ1v) is 3.58. The van der Waals surface area contributed by atoms with Crippen LogP contribution in [0.5, 0.6) is 0 Å². The summed E-state index contributed by atoms with van der Waals surface area (Å²) in [5, 5.41) is 1.16. The smallest absolute Gasteiger partial charge is 0.155 e. The first kappa shape index (κ1) is 6.40. The molecule has 0 spiro atoms. The summed E-state index contributed by atoms with van der Waals surface area (Å²) in [5.74, 6) is 0. The lowest BCUT2D eigenvalue weighted by Crippen LogP contribution is -1.82. The molecule has 0 aliphatic rings. The SMILES string of the molecule is Cc1cnc(C)c2occc12. The molecule has 2 aromatic rings. The third kappa shape index (κ3) is 0.827. The molecule has 0 aliphatic heterocycles. The molecule has 2 aromatic heterocycles. The van der Waals surface area contributed by atoms with E-state index in [0.717, 1.165) is 16.7 Å². The molecule has 11 heavy (non-hydrogen) atoms. The summed E-state index contributed by atoms with van der Waals surface area (Å²) < 4.78 is 5.27. The highest BCUT2D eigenvalue weighted by Gasteiger charge is 2.02. The van der Waals surface area contributed by atoms with Crippen LogP contribution in [0.15, 0.2) is 22.9 Å². The van der Waals surface area contributed by atoms with Crippen molar-refractivity contribution in [3.63, 3.8) is 0 Å². The van der Waals surface area contributed by atoms with E-state index in [1.54, 1.807) is 6.26 Å². The van der Waals surface area contributed by atoms with Crippen molar-refractivity contribution in [3.8, 4) is 0 Å². The van der Waals surface area contributed by atoms with E-state index in [1.807, 2.05) is 26.1 Å². The molecule has 0 radical (unpaired) electrons. The highest BCUT2D eigenvalue weighted by atomic mass is 16.3. The Labute approximate surface area is 64.9 Å². The second-order valence-electron chi connectivity index (χ2n) is 2.69. The molecule has 0 saturated heterocycles. The third-order valence-electron chi connectivity index (χ3n) is 1.87. The maximum Gasteiger partial charge on any atom is 0.155 e. The normalized spacial score (nSPS) is 10.7. The summed E-state index contributed by atoms with van der Waals surface area (Å²) in [5.41, 5.74) is 3.03. The summed E-state index contributed by atoms with van der Waals surface area (Å²) in [4.78, 5) is 4.19. The van der Waals surface area contributed by atoms with Crippen LogP contribution in [-0.2, 0) is 0 Å². The minimum atomic E-state index is 0.907. The van der Waals surface area contributed by atoms with Gasteiger partial charge in [0.15, 0.2) is 5.58 Å². The zero-order chi connectivity index (χ0) is 7.84. The fraction of sp³-hybridized carbons (Fsp3) is 0.222. The quantitative estimate of drug-likeness (QED) is 0.572. The van der Waals surface area contributed by atoms with E-state index in [0.29, 0.717) is 0 Å². The largest absolute Gasteiger partial charge is 0.462 e. The molecule has 0 fully saturated rings. The lowest BCUT2D eigenvalue weighted by Gasteiger charge is -1.95. The predicted octanol–water partition coefficient (Wildman–Crippen LogP) is 2.44. The number of hydrogen-bond acceptors (Lipinski definition) is 2. The number of aromatic nitrogens is 1. The molecule has 2 nitrogen and oxygen atoms in total. The minimum absolute atomic E-state index is 0.907. The van der Waals surface area contributed by atoms with Gasteiger partial charge in [0.25, 0.3) is 0 Å². The number of hydrogen-bond donors (Lipinski definition) is 0. The van der Waals surface area contributed by atoms with Crippen molar-refractivity contribution >= 4 is 11.0 Å². The Bertz CT molecular complexity index is 353. The Balaban J connectivity index is 2.96. The Morgan fingerprint density at radius 1 is 1.36 bits per heavy atom. The highest BCUT2D eigenvalue weighted by Crippen LogP contribution is 2.20. The van der Waals surface area contributed by atoms with Gasteiger partial charge in [-0.1, -0.05) is 0 Å². The Morgan fingerprint density at radius 2 is 2.18 bits per heavy atom. The molecule has 0 aromatic carbocycles. The van der Waals surface area contributed by atoms with E-state index in [9.17, 15) is 0 Å². The molecule has 0 aliphatic carbocycles. The maximum absolute atomic E-state index is 5.27. The van der Waals surface area contributed by atoms with Gasteiger partial charge < -0.3 is 4.42 Å². The van der Waals surface area contributed by atoms with Crippen LogP contribution < -0.4 is 0 Å². The van der Waals surface area contributed by atoms with Crippen LogP contribution in [0.25, 0.3) is 11.0 Å². The number of pyridine rings is 1. The molecule has 0 amide bonds. The van der Waals surface area contributed by atoms with Gasteiger partial charge in [-0.2, -0.15) is 0 Å².